The van der Waals surface area contributed by atoms with Crippen LogP contribution in [-0.2, 0) is 15.9 Å². The van der Waals surface area contributed by atoms with Gasteiger partial charge in [-0.25, -0.2) is 0 Å². The Hall–Kier alpha value is -1.79. The van der Waals surface area contributed by atoms with E-state index < -0.39 is 0 Å². The fourth-order valence-electron chi connectivity index (χ4n) is 3.92. The van der Waals surface area contributed by atoms with Crippen molar-refractivity contribution in [2.45, 2.75) is 58.0 Å². The summed E-state index contributed by atoms with van der Waals surface area (Å²) in [7, 11) is 0. The summed E-state index contributed by atoms with van der Waals surface area (Å²) in [5, 5.41) is 6.74. The average Bonchev–Trinajstić information content (AvgIpc) is 3.46. The molecule has 1 aliphatic heterocycles. The zero-order valence-corrected chi connectivity index (χ0v) is 18.5. The predicted octanol–water partition coefficient (Wildman–Crippen LogP) is 3.55. The summed E-state index contributed by atoms with van der Waals surface area (Å²) in [6, 6.07) is 8.54. The van der Waals surface area contributed by atoms with Gasteiger partial charge in [0, 0.05) is 38.8 Å². The molecule has 1 atom stereocenters. The highest BCUT2D eigenvalue weighted by atomic mass is 16.5. The van der Waals surface area contributed by atoms with E-state index >= 15 is 0 Å². The van der Waals surface area contributed by atoms with Crippen molar-refractivity contribution in [2.75, 3.05) is 46.1 Å². The topological polar surface area (TPSA) is 64.1 Å². The quantitative estimate of drug-likeness (QED) is 0.309. The van der Waals surface area contributed by atoms with Crippen LogP contribution in [0.1, 0.15) is 51.0 Å². The highest BCUT2D eigenvalue weighted by molar-refractivity contribution is 5.79. The molecule has 3 rings (SSSR count). The third kappa shape index (κ3) is 8.52. The molecule has 2 aliphatic rings. The lowest BCUT2D eigenvalue weighted by atomic mass is 10.1. The lowest BCUT2D eigenvalue weighted by Gasteiger charge is -2.14. The van der Waals surface area contributed by atoms with E-state index in [4.69, 9.17) is 14.2 Å². The summed E-state index contributed by atoms with van der Waals surface area (Å²) in [5.74, 6) is 2.45. The Kier molecular flexibility index (Phi) is 10.3. The van der Waals surface area contributed by atoms with Gasteiger partial charge in [0.05, 0.1) is 19.3 Å². The van der Waals surface area contributed by atoms with Crippen LogP contribution in [0.3, 0.4) is 0 Å². The van der Waals surface area contributed by atoms with Crippen LogP contribution in [0.15, 0.2) is 29.3 Å². The van der Waals surface area contributed by atoms with Crippen molar-refractivity contribution in [3.63, 3.8) is 0 Å². The Labute approximate surface area is 181 Å². The lowest BCUT2D eigenvalue weighted by Crippen LogP contribution is -2.38. The highest BCUT2D eigenvalue weighted by Gasteiger charge is 2.16. The normalized spacial score (nSPS) is 19.9. The van der Waals surface area contributed by atoms with Gasteiger partial charge in [0.15, 0.2) is 5.96 Å². The van der Waals surface area contributed by atoms with E-state index in [2.05, 4.69) is 46.8 Å². The van der Waals surface area contributed by atoms with Crippen LogP contribution in [0.25, 0.3) is 0 Å². The van der Waals surface area contributed by atoms with Crippen molar-refractivity contribution >= 4 is 5.96 Å². The Morgan fingerprint density at radius 2 is 1.97 bits per heavy atom. The molecule has 168 valence electrons. The lowest BCUT2D eigenvalue weighted by molar-refractivity contribution is 0.0893. The zero-order chi connectivity index (χ0) is 20.9. The minimum Gasteiger partial charge on any atom is -0.490 e. The summed E-state index contributed by atoms with van der Waals surface area (Å²) in [5.41, 5.74) is 1.31. The Morgan fingerprint density at radius 3 is 2.70 bits per heavy atom. The van der Waals surface area contributed by atoms with E-state index in [1.807, 2.05) is 0 Å². The maximum atomic E-state index is 6.04. The molecule has 0 spiro atoms. The standard InChI is InChI=1S/C24H39N3O3/c1-2-25-24(26-14-5-16-28-18-21-13-17-29-19-21)27-15-12-20-8-10-23(11-9-20)30-22-6-3-4-7-22/h8-11,21-22H,2-7,12-19H2,1H3,(H2,25,26,27). The summed E-state index contributed by atoms with van der Waals surface area (Å²) < 4.78 is 17.2. The van der Waals surface area contributed by atoms with Crippen LogP contribution in [0, 0.1) is 5.92 Å². The molecule has 0 aromatic heterocycles. The second-order valence-electron chi connectivity index (χ2n) is 8.26. The molecule has 1 unspecified atom stereocenters. The van der Waals surface area contributed by atoms with Gasteiger partial charge < -0.3 is 24.8 Å². The molecule has 0 radical (unpaired) electrons. The first kappa shape index (κ1) is 22.9. The van der Waals surface area contributed by atoms with Crippen LogP contribution in [0.5, 0.6) is 5.75 Å². The zero-order valence-electron chi connectivity index (χ0n) is 18.5. The Bertz CT molecular complexity index is 609. The van der Waals surface area contributed by atoms with Crippen molar-refractivity contribution in [3.05, 3.63) is 29.8 Å². The minimum atomic E-state index is 0.415. The van der Waals surface area contributed by atoms with Crippen LogP contribution in [0.2, 0.25) is 0 Å². The van der Waals surface area contributed by atoms with Gasteiger partial charge in [-0.3, -0.25) is 4.99 Å². The van der Waals surface area contributed by atoms with Crippen molar-refractivity contribution in [3.8, 4) is 5.75 Å². The summed E-state index contributed by atoms with van der Waals surface area (Å²) in [4.78, 5) is 4.66. The minimum absolute atomic E-state index is 0.415. The fraction of sp³-hybridized carbons (Fsp3) is 0.708. The average molecular weight is 418 g/mol. The third-order valence-corrected chi connectivity index (χ3v) is 5.67. The van der Waals surface area contributed by atoms with Crippen molar-refractivity contribution < 1.29 is 14.2 Å². The molecule has 1 saturated heterocycles. The van der Waals surface area contributed by atoms with Crippen LogP contribution < -0.4 is 15.4 Å². The first-order chi connectivity index (χ1) is 14.8. The SMILES string of the molecule is CCNC(=NCCCOCC1CCOC1)NCCc1ccc(OC2CCCC2)cc1. The molecule has 6 heteroatoms. The number of ether oxygens (including phenoxy) is 3. The second kappa shape index (κ2) is 13.5. The van der Waals surface area contributed by atoms with Gasteiger partial charge in [-0.1, -0.05) is 12.1 Å². The highest BCUT2D eigenvalue weighted by Crippen LogP contribution is 2.24. The fourth-order valence-corrected chi connectivity index (χ4v) is 3.92. The summed E-state index contributed by atoms with van der Waals surface area (Å²) >= 11 is 0. The van der Waals surface area contributed by atoms with Gasteiger partial charge in [0.2, 0.25) is 0 Å². The largest absolute Gasteiger partial charge is 0.490 e. The first-order valence-corrected chi connectivity index (χ1v) is 11.8. The summed E-state index contributed by atoms with van der Waals surface area (Å²) in [6.45, 7) is 7.87. The van der Waals surface area contributed by atoms with Crippen molar-refractivity contribution in [1.82, 2.24) is 10.6 Å². The van der Waals surface area contributed by atoms with Crippen LogP contribution >= 0.6 is 0 Å². The maximum absolute atomic E-state index is 6.04. The van der Waals surface area contributed by atoms with E-state index in [0.29, 0.717) is 12.0 Å². The monoisotopic (exact) mass is 417 g/mol. The van der Waals surface area contributed by atoms with Gasteiger partial charge >= 0.3 is 0 Å². The molecule has 0 amide bonds. The number of rotatable bonds is 12. The van der Waals surface area contributed by atoms with E-state index in [0.717, 1.165) is 77.0 Å². The smallest absolute Gasteiger partial charge is 0.191 e. The third-order valence-electron chi connectivity index (χ3n) is 5.67. The van der Waals surface area contributed by atoms with Crippen molar-refractivity contribution in [2.24, 2.45) is 10.9 Å². The molecule has 0 bridgehead atoms. The second-order valence-corrected chi connectivity index (χ2v) is 8.26. The number of hydrogen-bond acceptors (Lipinski definition) is 4. The molecule has 1 aromatic rings. The number of aliphatic imine (C=N–C) groups is 1. The molecule has 1 aliphatic carbocycles. The number of hydrogen-bond donors (Lipinski definition) is 2. The molecular formula is C24H39N3O3. The van der Waals surface area contributed by atoms with E-state index in [-0.39, 0.29) is 0 Å². The molecular weight excluding hydrogens is 378 g/mol. The first-order valence-electron chi connectivity index (χ1n) is 11.8. The number of guanidine groups is 1. The molecule has 6 nitrogen and oxygen atoms in total. The molecule has 2 fully saturated rings. The van der Waals surface area contributed by atoms with Gasteiger partial charge in [0.25, 0.3) is 0 Å². The van der Waals surface area contributed by atoms with Crippen molar-refractivity contribution in [1.29, 1.82) is 0 Å². The summed E-state index contributed by atoms with van der Waals surface area (Å²) in [6.07, 6.45) is 8.43. The predicted molar refractivity (Wildman–Crippen MR) is 121 cm³/mol. The van der Waals surface area contributed by atoms with Gasteiger partial charge in [-0.15, -0.1) is 0 Å². The van der Waals surface area contributed by atoms with E-state index in [9.17, 15) is 0 Å². The molecule has 30 heavy (non-hydrogen) atoms. The van der Waals surface area contributed by atoms with E-state index in [1.165, 1.54) is 31.2 Å². The Morgan fingerprint density at radius 1 is 1.13 bits per heavy atom. The molecule has 1 saturated carbocycles. The molecule has 1 aromatic carbocycles. The number of nitrogens with zero attached hydrogens (tertiary/aromatic N) is 1. The number of nitrogens with one attached hydrogen (secondary N) is 2. The van der Waals surface area contributed by atoms with Gasteiger partial charge in [0.1, 0.15) is 5.75 Å². The maximum Gasteiger partial charge on any atom is 0.191 e. The molecule has 1 heterocycles. The van der Waals surface area contributed by atoms with E-state index in [1.54, 1.807) is 0 Å². The van der Waals surface area contributed by atoms with Gasteiger partial charge in [-0.2, -0.15) is 0 Å². The Balaban J connectivity index is 1.29. The van der Waals surface area contributed by atoms with Gasteiger partial charge in [-0.05, 0) is 69.6 Å². The molecule has 2 N–H and O–H groups in total. The van der Waals surface area contributed by atoms with Crippen LogP contribution in [0.4, 0.5) is 0 Å². The number of benzene rings is 1. The van der Waals surface area contributed by atoms with Crippen LogP contribution in [-0.4, -0.2) is 58.1 Å².